The van der Waals surface area contributed by atoms with Crippen LogP contribution in [-0.2, 0) is 0 Å². The molecule has 0 aromatic carbocycles. The van der Waals surface area contributed by atoms with E-state index < -0.39 is 0 Å². The smallest absolute Gasteiger partial charge is 0.153 e. The minimum atomic E-state index is -0.245. The van der Waals surface area contributed by atoms with Gasteiger partial charge < -0.3 is 10.8 Å². The zero-order valence-electron chi connectivity index (χ0n) is 7.99. The highest BCUT2D eigenvalue weighted by Crippen LogP contribution is 2.12. The number of rotatable bonds is 4. The van der Waals surface area contributed by atoms with Crippen LogP contribution in [-0.4, -0.2) is 26.9 Å². The van der Waals surface area contributed by atoms with Gasteiger partial charge in [-0.15, -0.1) is 0 Å². The lowest BCUT2D eigenvalue weighted by atomic mass is 10.2. The zero-order valence-corrected chi connectivity index (χ0v) is 7.99. The van der Waals surface area contributed by atoms with E-state index in [1.54, 1.807) is 0 Å². The molecule has 5 nitrogen and oxygen atoms in total. The number of aliphatic hydroxyl groups is 1. The summed E-state index contributed by atoms with van der Waals surface area (Å²) in [6, 6.07) is -0.245. The summed E-state index contributed by atoms with van der Waals surface area (Å²) in [6.45, 7) is 4.11. The Bertz CT molecular complexity index is 258. The first-order valence-electron chi connectivity index (χ1n) is 4.43. The molecule has 4 N–H and O–H groups in total. The average molecular weight is 184 g/mol. The summed E-state index contributed by atoms with van der Waals surface area (Å²) in [5, 5.41) is 15.5. The third-order valence-corrected chi connectivity index (χ3v) is 1.83. The van der Waals surface area contributed by atoms with E-state index in [-0.39, 0.29) is 12.6 Å². The lowest BCUT2D eigenvalue weighted by Crippen LogP contribution is -2.13. The summed E-state index contributed by atoms with van der Waals surface area (Å²) in [4.78, 5) is 4.23. The first-order valence-corrected chi connectivity index (χ1v) is 4.43. The fraction of sp³-hybridized carbons (Fsp3) is 0.750. The normalized spacial score (nSPS) is 13.6. The summed E-state index contributed by atoms with van der Waals surface area (Å²) in [7, 11) is 0. The number of hydrogen-bond donors (Lipinski definition) is 3. The van der Waals surface area contributed by atoms with Gasteiger partial charge in [-0.05, 0) is 6.42 Å². The molecule has 74 valence electrons. The molecule has 0 fully saturated rings. The number of nitrogens with zero attached hydrogens (tertiary/aromatic N) is 2. The van der Waals surface area contributed by atoms with Crippen LogP contribution in [0.3, 0.4) is 0 Å². The fourth-order valence-electron chi connectivity index (χ4n) is 0.988. The van der Waals surface area contributed by atoms with Crippen molar-refractivity contribution >= 4 is 0 Å². The van der Waals surface area contributed by atoms with Crippen molar-refractivity contribution in [2.24, 2.45) is 5.73 Å². The summed E-state index contributed by atoms with van der Waals surface area (Å²) < 4.78 is 0. The van der Waals surface area contributed by atoms with E-state index in [9.17, 15) is 0 Å². The predicted octanol–water partition coefficient (Wildman–Crippen LogP) is 0.310. The largest absolute Gasteiger partial charge is 0.396 e. The van der Waals surface area contributed by atoms with Crippen molar-refractivity contribution < 1.29 is 5.11 Å². The Labute approximate surface area is 77.4 Å². The highest BCUT2D eigenvalue weighted by atomic mass is 16.3. The molecule has 0 aliphatic rings. The molecule has 1 atom stereocenters. The standard InChI is InChI=1S/C8H16N4O/c1-5(2)7-10-8(12-11-7)6(9)3-4-13/h5-6,13H,3-4,9H2,1-2H3,(H,10,11,12). The van der Waals surface area contributed by atoms with Crippen LogP contribution in [0, 0.1) is 0 Å². The molecular formula is C8H16N4O. The molecule has 0 radical (unpaired) electrons. The van der Waals surface area contributed by atoms with Crippen molar-refractivity contribution in [3.05, 3.63) is 11.6 Å². The number of H-pyrrole nitrogens is 1. The highest BCUT2D eigenvalue weighted by Gasteiger charge is 2.12. The van der Waals surface area contributed by atoms with Crippen LogP contribution < -0.4 is 5.73 Å². The molecule has 1 aromatic rings. The second kappa shape index (κ2) is 4.34. The molecule has 0 amide bonds. The molecule has 0 saturated heterocycles. The van der Waals surface area contributed by atoms with Crippen molar-refractivity contribution in [1.82, 2.24) is 15.2 Å². The minimum absolute atomic E-state index is 0.0683. The summed E-state index contributed by atoms with van der Waals surface area (Å²) in [6.07, 6.45) is 0.507. The van der Waals surface area contributed by atoms with E-state index >= 15 is 0 Å². The number of nitrogens with one attached hydrogen (secondary N) is 1. The quantitative estimate of drug-likeness (QED) is 0.628. The maximum Gasteiger partial charge on any atom is 0.153 e. The minimum Gasteiger partial charge on any atom is -0.396 e. The Morgan fingerprint density at radius 1 is 1.54 bits per heavy atom. The molecular weight excluding hydrogens is 168 g/mol. The van der Waals surface area contributed by atoms with Gasteiger partial charge >= 0.3 is 0 Å². The van der Waals surface area contributed by atoms with Crippen LogP contribution >= 0.6 is 0 Å². The monoisotopic (exact) mass is 184 g/mol. The van der Waals surface area contributed by atoms with Crippen LogP contribution in [0.15, 0.2) is 0 Å². The molecule has 1 rings (SSSR count). The van der Waals surface area contributed by atoms with Gasteiger partial charge in [0.2, 0.25) is 0 Å². The van der Waals surface area contributed by atoms with E-state index in [2.05, 4.69) is 15.2 Å². The molecule has 0 saturated carbocycles. The van der Waals surface area contributed by atoms with Gasteiger partial charge in [-0.3, -0.25) is 5.10 Å². The van der Waals surface area contributed by atoms with Gasteiger partial charge in [-0.1, -0.05) is 13.8 Å². The topological polar surface area (TPSA) is 87.8 Å². The molecule has 0 bridgehead atoms. The molecule has 1 heterocycles. The lowest BCUT2D eigenvalue weighted by molar-refractivity contribution is 0.274. The van der Waals surface area contributed by atoms with Crippen LogP contribution in [0.25, 0.3) is 0 Å². The SMILES string of the molecule is CC(C)c1n[nH]c(C(N)CCO)n1. The Morgan fingerprint density at radius 3 is 2.69 bits per heavy atom. The third kappa shape index (κ3) is 2.50. The predicted molar refractivity (Wildman–Crippen MR) is 49.1 cm³/mol. The molecule has 1 aromatic heterocycles. The maximum atomic E-state index is 8.67. The van der Waals surface area contributed by atoms with Crippen LogP contribution in [0.2, 0.25) is 0 Å². The Balaban J connectivity index is 2.67. The molecule has 13 heavy (non-hydrogen) atoms. The van der Waals surface area contributed by atoms with Crippen molar-refractivity contribution in [1.29, 1.82) is 0 Å². The van der Waals surface area contributed by atoms with Gasteiger partial charge in [0, 0.05) is 12.5 Å². The number of aromatic nitrogens is 3. The molecule has 5 heteroatoms. The second-order valence-electron chi connectivity index (χ2n) is 3.35. The van der Waals surface area contributed by atoms with Crippen molar-refractivity contribution in [2.45, 2.75) is 32.2 Å². The summed E-state index contributed by atoms with van der Waals surface area (Å²) in [5.74, 6) is 1.72. The van der Waals surface area contributed by atoms with Gasteiger partial charge in [0.1, 0.15) is 5.82 Å². The lowest BCUT2D eigenvalue weighted by Gasteiger charge is -2.04. The van der Waals surface area contributed by atoms with Gasteiger partial charge in [-0.2, -0.15) is 5.10 Å². The second-order valence-corrected chi connectivity index (χ2v) is 3.35. The molecule has 0 aliphatic carbocycles. The number of aromatic amines is 1. The van der Waals surface area contributed by atoms with Gasteiger partial charge in [-0.25, -0.2) is 4.98 Å². The van der Waals surface area contributed by atoms with Crippen molar-refractivity contribution in [3.63, 3.8) is 0 Å². The average Bonchev–Trinajstić information content (AvgIpc) is 2.52. The van der Waals surface area contributed by atoms with Crippen molar-refractivity contribution in [3.8, 4) is 0 Å². The summed E-state index contributed by atoms with van der Waals surface area (Å²) >= 11 is 0. The van der Waals surface area contributed by atoms with Crippen LogP contribution in [0.5, 0.6) is 0 Å². The molecule has 0 aliphatic heterocycles. The third-order valence-electron chi connectivity index (χ3n) is 1.83. The molecule has 1 unspecified atom stereocenters. The first kappa shape index (κ1) is 10.1. The van der Waals surface area contributed by atoms with Gasteiger partial charge in [0.05, 0.1) is 6.04 Å². The first-order chi connectivity index (χ1) is 6.15. The fourth-order valence-corrected chi connectivity index (χ4v) is 0.988. The highest BCUT2D eigenvalue weighted by molar-refractivity contribution is 4.98. The van der Waals surface area contributed by atoms with Gasteiger partial charge in [0.25, 0.3) is 0 Å². The molecule has 0 spiro atoms. The van der Waals surface area contributed by atoms with Crippen molar-refractivity contribution in [2.75, 3.05) is 6.61 Å². The Hall–Kier alpha value is -0.940. The Kier molecular flexibility index (Phi) is 3.39. The van der Waals surface area contributed by atoms with E-state index in [1.165, 1.54) is 0 Å². The van der Waals surface area contributed by atoms with Gasteiger partial charge in [0.15, 0.2) is 5.82 Å². The Morgan fingerprint density at radius 2 is 2.23 bits per heavy atom. The maximum absolute atomic E-state index is 8.67. The number of hydrogen-bond acceptors (Lipinski definition) is 4. The number of nitrogens with two attached hydrogens (primary N) is 1. The van der Waals surface area contributed by atoms with E-state index in [0.717, 1.165) is 5.82 Å². The van der Waals surface area contributed by atoms with E-state index in [1.807, 2.05) is 13.8 Å². The van der Waals surface area contributed by atoms with E-state index in [4.69, 9.17) is 10.8 Å². The number of aliphatic hydroxyl groups excluding tert-OH is 1. The van der Waals surface area contributed by atoms with Crippen LogP contribution in [0.1, 0.15) is 43.9 Å². The van der Waals surface area contributed by atoms with E-state index in [0.29, 0.717) is 18.2 Å². The summed E-state index contributed by atoms with van der Waals surface area (Å²) in [5.41, 5.74) is 5.73. The zero-order chi connectivity index (χ0) is 9.84. The van der Waals surface area contributed by atoms with Crippen LogP contribution in [0.4, 0.5) is 0 Å².